The normalized spacial score (nSPS) is 12.4. The molecule has 192 valence electrons. The van der Waals surface area contributed by atoms with Crippen molar-refractivity contribution < 1.29 is 31.2 Å². The maximum atomic E-state index is 12.9. The summed E-state index contributed by atoms with van der Waals surface area (Å²) in [6.07, 6.45) is 0. The van der Waals surface area contributed by atoms with Gasteiger partial charge < -0.3 is 9.30 Å². The minimum Gasteiger partial charge on any atom is -0.468 e. The Bertz CT molecular complexity index is 1780. The van der Waals surface area contributed by atoms with Crippen LogP contribution in [0.5, 0.6) is 0 Å². The highest BCUT2D eigenvalue weighted by molar-refractivity contribution is 7.92. The Kier molecular flexibility index (Phi) is 7.27. The third-order valence-electron chi connectivity index (χ3n) is 5.13. The maximum absolute atomic E-state index is 12.9. The first-order valence-corrected chi connectivity index (χ1v) is 14.3. The summed E-state index contributed by atoms with van der Waals surface area (Å²) in [7, 11) is -6.55. The molecule has 1 amide bonds. The molecule has 0 aliphatic rings. The average molecular weight is 561 g/mol. The lowest BCUT2D eigenvalue weighted by atomic mass is 10.2. The number of hydrogen-bond donors (Lipinski definition) is 2. The van der Waals surface area contributed by atoms with Crippen LogP contribution < -0.4 is 14.7 Å². The van der Waals surface area contributed by atoms with Gasteiger partial charge in [-0.15, -0.1) is 0 Å². The van der Waals surface area contributed by atoms with E-state index in [1.165, 1.54) is 66.3 Å². The fourth-order valence-electron chi connectivity index (χ4n) is 3.31. The number of thiazole rings is 1. The minimum atomic E-state index is -3.97. The number of methoxy groups -OCH3 is 1. The highest BCUT2D eigenvalue weighted by Crippen LogP contribution is 2.22. The molecule has 14 heteroatoms. The molecule has 0 atom stereocenters. The third-order valence-corrected chi connectivity index (χ3v) is 8.48. The number of aromatic nitrogens is 1. The summed E-state index contributed by atoms with van der Waals surface area (Å²) in [5.41, 5.74) is 0.869. The molecule has 0 aliphatic carbocycles. The standard InChI is InChI=1S/C23H20N4O7S3/c1-34-21(28)14-27-19-12-11-18(36(24,30)31)13-20(19)35-23(27)25-22(29)15-7-9-16(10-8-15)26-37(32,33)17-5-3-2-4-6-17/h2-13,26H,14H2,1H3,(H2,24,30,31). The number of hydrogen-bond acceptors (Lipinski definition) is 8. The van der Waals surface area contributed by atoms with Crippen LogP contribution in [0.1, 0.15) is 10.4 Å². The molecule has 0 unspecified atom stereocenters. The van der Waals surface area contributed by atoms with E-state index in [0.29, 0.717) is 10.2 Å². The van der Waals surface area contributed by atoms with Gasteiger partial charge in [-0.3, -0.25) is 14.3 Å². The number of ether oxygens (including phenoxy) is 1. The van der Waals surface area contributed by atoms with Crippen LogP contribution in [0.3, 0.4) is 0 Å². The van der Waals surface area contributed by atoms with E-state index in [-0.39, 0.29) is 32.4 Å². The SMILES string of the molecule is COC(=O)Cn1c(=NC(=O)c2ccc(NS(=O)(=O)c3ccccc3)cc2)sc2cc(S(N)(=O)=O)ccc21. The molecule has 1 heterocycles. The van der Waals surface area contributed by atoms with E-state index in [2.05, 4.69) is 9.71 Å². The van der Waals surface area contributed by atoms with Gasteiger partial charge in [0.25, 0.3) is 15.9 Å². The summed E-state index contributed by atoms with van der Waals surface area (Å²) in [5.74, 6) is -1.26. The summed E-state index contributed by atoms with van der Waals surface area (Å²) in [5, 5.41) is 5.21. The molecule has 0 saturated heterocycles. The number of sulfonamides is 2. The summed E-state index contributed by atoms with van der Waals surface area (Å²) in [6, 6.07) is 17.6. The van der Waals surface area contributed by atoms with Crippen LogP contribution in [0, 0.1) is 0 Å². The number of amides is 1. The van der Waals surface area contributed by atoms with E-state index in [0.717, 1.165) is 11.3 Å². The Morgan fingerprint density at radius 1 is 0.973 bits per heavy atom. The molecule has 0 radical (unpaired) electrons. The number of carbonyl (C=O) groups excluding carboxylic acids is 2. The maximum Gasteiger partial charge on any atom is 0.325 e. The first-order chi connectivity index (χ1) is 17.5. The molecule has 0 saturated carbocycles. The van der Waals surface area contributed by atoms with Gasteiger partial charge in [-0.2, -0.15) is 4.99 Å². The number of nitrogens with one attached hydrogen (secondary N) is 1. The minimum absolute atomic E-state index is 0.0932. The van der Waals surface area contributed by atoms with Gasteiger partial charge in [0, 0.05) is 11.3 Å². The van der Waals surface area contributed by atoms with Gasteiger partial charge >= 0.3 is 5.97 Å². The van der Waals surface area contributed by atoms with Crippen molar-refractivity contribution >= 4 is 59.2 Å². The molecular formula is C23H20N4O7S3. The number of nitrogens with zero attached hydrogens (tertiary/aromatic N) is 2. The second kappa shape index (κ2) is 10.3. The molecule has 4 aromatic rings. The zero-order chi connectivity index (χ0) is 26.8. The molecule has 0 aliphatic heterocycles. The Morgan fingerprint density at radius 2 is 1.65 bits per heavy atom. The molecule has 0 spiro atoms. The fraction of sp³-hybridized carbons (Fsp3) is 0.0870. The zero-order valence-corrected chi connectivity index (χ0v) is 21.6. The van der Waals surface area contributed by atoms with Crippen molar-refractivity contribution in [3.8, 4) is 0 Å². The smallest absolute Gasteiger partial charge is 0.325 e. The van der Waals surface area contributed by atoms with Crippen molar-refractivity contribution in [1.29, 1.82) is 0 Å². The van der Waals surface area contributed by atoms with Crippen molar-refractivity contribution in [2.45, 2.75) is 16.3 Å². The Labute approximate surface area is 216 Å². The number of nitrogens with two attached hydrogens (primary N) is 1. The van der Waals surface area contributed by atoms with Crippen LogP contribution in [0.15, 0.2) is 87.6 Å². The van der Waals surface area contributed by atoms with Crippen LogP contribution >= 0.6 is 11.3 Å². The van der Waals surface area contributed by atoms with E-state index in [1.54, 1.807) is 18.2 Å². The number of primary sulfonamides is 1. The first kappa shape index (κ1) is 26.2. The van der Waals surface area contributed by atoms with Gasteiger partial charge in [0.2, 0.25) is 10.0 Å². The van der Waals surface area contributed by atoms with Gasteiger partial charge in [0.05, 0.1) is 27.1 Å². The molecule has 3 aromatic carbocycles. The van der Waals surface area contributed by atoms with Crippen molar-refractivity contribution in [2.24, 2.45) is 10.1 Å². The highest BCUT2D eigenvalue weighted by atomic mass is 32.2. The number of benzene rings is 3. The molecule has 4 rings (SSSR count). The van der Waals surface area contributed by atoms with Crippen LogP contribution in [0.2, 0.25) is 0 Å². The van der Waals surface area contributed by atoms with E-state index >= 15 is 0 Å². The third kappa shape index (κ3) is 5.94. The van der Waals surface area contributed by atoms with Crippen LogP contribution in [-0.4, -0.2) is 40.4 Å². The van der Waals surface area contributed by atoms with Gasteiger partial charge in [-0.05, 0) is 54.6 Å². The summed E-state index contributed by atoms with van der Waals surface area (Å²) in [6.45, 7) is -0.266. The number of anilines is 1. The summed E-state index contributed by atoms with van der Waals surface area (Å²) < 4.78 is 57.5. The molecule has 0 fully saturated rings. The number of esters is 1. The quantitative estimate of drug-likeness (QED) is 0.326. The van der Waals surface area contributed by atoms with E-state index in [1.807, 2.05) is 0 Å². The number of fused-ring (bicyclic) bond motifs is 1. The monoisotopic (exact) mass is 560 g/mol. The van der Waals surface area contributed by atoms with Gasteiger partial charge in [0.1, 0.15) is 6.54 Å². The number of carbonyl (C=O) groups is 2. The van der Waals surface area contributed by atoms with E-state index < -0.39 is 31.9 Å². The lowest BCUT2D eigenvalue weighted by molar-refractivity contribution is -0.141. The highest BCUT2D eigenvalue weighted by Gasteiger charge is 2.17. The topological polar surface area (TPSA) is 167 Å². The molecule has 3 N–H and O–H groups in total. The van der Waals surface area contributed by atoms with Gasteiger partial charge in [0.15, 0.2) is 4.80 Å². The Morgan fingerprint density at radius 3 is 2.27 bits per heavy atom. The Balaban J connectivity index is 1.67. The molecule has 0 bridgehead atoms. The molecular weight excluding hydrogens is 540 g/mol. The van der Waals surface area contributed by atoms with Crippen LogP contribution in [0.4, 0.5) is 5.69 Å². The molecule has 11 nitrogen and oxygen atoms in total. The summed E-state index contributed by atoms with van der Waals surface area (Å²) >= 11 is 0.994. The van der Waals surface area contributed by atoms with Crippen LogP contribution in [0.25, 0.3) is 10.2 Å². The van der Waals surface area contributed by atoms with Crippen molar-refractivity contribution in [3.05, 3.63) is 83.2 Å². The van der Waals surface area contributed by atoms with Crippen molar-refractivity contribution in [1.82, 2.24) is 4.57 Å². The fourth-order valence-corrected chi connectivity index (χ4v) is 6.07. The first-order valence-electron chi connectivity index (χ1n) is 10.5. The zero-order valence-electron chi connectivity index (χ0n) is 19.2. The lowest BCUT2D eigenvalue weighted by Crippen LogP contribution is -2.22. The predicted octanol–water partition coefficient (Wildman–Crippen LogP) is 2.07. The van der Waals surface area contributed by atoms with Crippen molar-refractivity contribution in [3.63, 3.8) is 0 Å². The van der Waals surface area contributed by atoms with Crippen molar-refractivity contribution in [2.75, 3.05) is 11.8 Å². The molecule has 1 aromatic heterocycles. The van der Waals surface area contributed by atoms with E-state index in [4.69, 9.17) is 9.88 Å². The number of rotatable bonds is 7. The summed E-state index contributed by atoms with van der Waals surface area (Å²) in [4.78, 5) is 29.1. The van der Waals surface area contributed by atoms with E-state index in [9.17, 15) is 26.4 Å². The molecule has 37 heavy (non-hydrogen) atoms. The lowest BCUT2D eigenvalue weighted by Gasteiger charge is -2.08. The average Bonchev–Trinajstić information content (AvgIpc) is 3.20. The van der Waals surface area contributed by atoms with Gasteiger partial charge in [-0.25, -0.2) is 22.0 Å². The Hall–Kier alpha value is -3.85. The second-order valence-electron chi connectivity index (χ2n) is 7.63. The predicted molar refractivity (Wildman–Crippen MR) is 137 cm³/mol. The van der Waals surface area contributed by atoms with Gasteiger partial charge in [-0.1, -0.05) is 29.5 Å². The van der Waals surface area contributed by atoms with Crippen LogP contribution in [-0.2, 0) is 36.1 Å². The second-order valence-corrected chi connectivity index (χ2v) is 11.9. The largest absolute Gasteiger partial charge is 0.468 e.